The third kappa shape index (κ3) is 2.65. The lowest BCUT2D eigenvalue weighted by molar-refractivity contribution is -0.134. The van der Waals surface area contributed by atoms with Crippen molar-refractivity contribution in [2.24, 2.45) is 22.5 Å². The highest BCUT2D eigenvalue weighted by molar-refractivity contribution is 5.62. The molecule has 17 heavy (non-hydrogen) atoms. The Morgan fingerprint density at radius 2 is 1.53 bits per heavy atom. The zero-order valence-electron chi connectivity index (χ0n) is 11.3. The molecule has 0 aliphatic heterocycles. The molecule has 3 N–H and O–H groups in total. The monoisotopic (exact) mass is 239 g/mol. The molecule has 0 radical (unpaired) electrons. The minimum absolute atomic E-state index is 0.225. The van der Waals surface area contributed by atoms with Gasteiger partial charge in [-0.1, -0.05) is 13.8 Å². The molecule has 2 unspecified atom stereocenters. The zero-order valence-corrected chi connectivity index (χ0v) is 11.3. The van der Waals surface area contributed by atoms with Crippen LogP contribution in [0.25, 0.3) is 0 Å². The SMILES string of the molecule is CC(=O)O.CC12CC3CC(C)(C1)CC(N)(C3)C2. The third-order valence-corrected chi connectivity index (χ3v) is 4.67. The second-order valence-corrected chi connectivity index (χ2v) is 7.51. The Morgan fingerprint density at radius 3 is 1.82 bits per heavy atom. The molecule has 0 amide bonds. The molecular formula is C14H25NO2. The van der Waals surface area contributed by atoms with E-state index in [1.165, 1.54) is 38.5 Å². The largest absolute Gasteiger partial charge is 0.481 e. The molecule has 0 heterocycles. The molecule has 3 heteroatoms. The van der Waals surface area contributed by atoms with E-state index in [0.717, 1.165) is 12.8 Å². The van der Waals surface area contributed by atoms with Gasteiger partial charge in [-0.05, 0) is 55.3 Å². The van der Waals surface area contributed by atoms with Crippen molar-refractivity contribution < 1.29 is 9.90 Å². The molecule has 0 aromatic carbocycles. The molecule has 0 aromatic rings. The van der Waals surface area contributed by atoms with Crippen LogP contribution in [-0.4, -0.2) is 16.6 Å². The van der Waals surface area contributed by atoms with Gasteiger partial charge in [-0.25, -0.2) is 0 Å². The van der Waals surface area contributed by atoms with Gasteiger partial charge in [-0.15, -0.1) is 0 Å². The minimum atomic E-state index is -0.833. The van der Waals surface area contributed by atoms with Crippen molar-refractivity contribution in [2.75, 3.05) is 0 Å². The lowest BCUT2D eigenvalue weighted by atomic mass is 9.43. The summed E-state index contributed by atoms with van der Waals surface area (Å²) in [5.74, 6) is 0.122. The molecule has 4 fully saturated rings. The lowest BCUT2D eigenvalue weighted by Gasteiger charge is -2.64. The highest BCUT2D eigenvalue weighted by Gasteiger charge is 2.58. The molecule has 0 aromatic heterocycles. The Bertz CT molecular complexity index is 284. The molecule has 4 saturated carbocycles. The summed E-state index contributed by atoms with van der Waals surface area (Å²) in [6, 6.07) is 0. The smallest absolute Gasteiger partial charge is 0.300 e. The van der Waals surface area contributed by atoms with E-state index in [4.69, 9.17) is 15.6 Å². The zero-order chi connectivity index (χ0) is 12.9. The summed E-state index contributed by atoms with van der Waals surface area (Å²) in [5, 5.41) is 7.42. The molecule has 4 bridgehead atoms. The molecule has 4 rings (SSSR count). The lowest BCUT2D eigenvalue weighted by Crippen LogP contribution is -2.62. The quantitative estimate of drug-likeness (QED) is 0.683. The summed E-state index contributed by atoms with van der Waals surface area (Å²) in [4.78, 5) is 9.00. The summed E-state index contributed by atoms with van der Waals surface area (Å²) in [7, 11) is 0. The van der Waals surface area contributed by atoms with Gasteiger partial charge in [0, 0.05) is 12.5 Å². The Labute approximate surface area is 104 Å². The first kappa shape index (κ1) is 12.9. The van der Waals surface area contributed by atoms with Crippen molar-refractivity contribution in [3.63, 3.8) is 0 Å². The molecule has 0 saturated heterocycles. The number of rotatable bonds is 0. The van der Waals surface area contributed by atoms with Crippen LogP contribution < -0.4 is 5.73 Å². The average Bonchev–Trinajstić information content (AvgIpc) is 1.90. The van der Waals surface area contributed by atoms with E-state index in [1.807, 2.05) is 0 Å². The number of nitrogens with two attached hydrogens (primary N) is 1. The number of hydrogen-bond acceptors (Lipinski definition) is 2. The maximum Gasteiger partial charge on any atom is 0.300 e. The van der Waals surface area contributed by atoms with Crippen LogP contribution >= 0.6 is 0 Å². The maximum atomic E-state index is 9.00. The predicted molar refractivity (Wildman–Crippen MR) is 67.6 cm³/mol. The van der Waals surface area contributed by atoms with Gasteiger partial charge in [0.15, 0.2) is 0 Å². The van der Waals surface area contributed by atoms with E-state index in [2.05, 4.69) is 13.8 Å². The van der Waals surface area contributed by atoms with Gasteiger partial charge in [0.1, 0.15) is 0 Å². The van der Waals surface area contributed by atoms with Gasteiger partial charge in [-0.3, -0.25) is 4.79 Å². The van der Waals surface area contributed by atoms with Crippen molar-refractivity contribution in [1.82, 2.24) is 0 Å². The van der Waals surface area contributed by atoms with E-state index >= 15 is 0 Å². The Kier molecular flexibility index (Phi) is 2.81. The summed E-state index contributed by atoms with van der Waals surface area (Å²) in [6.45, 7) is 6.02. The van der Waals surface area contributed by atoms with Crippen LogP contribution in [0.5, 0.6) is 0 Å². The fourth-order valence-corrected chi connectivity index (χ4v) is 5.54. The fraction of sp³-hybridized carbons (Fsp3) is 0.929. The van der Waals surface area contributed by atoms with Gasteiger partial charge >= 0.3 is 0 Å². The van der Waals surface area contributed by atoms with Crippen LogP contribution in [-0.2, 0) is 4.79 Å². The van der Waals surface area contributed by atoms with E-state index in [0.29, 0.717) is 10.8 Å². The molecule has 0 spiro atoms. The fourth-order valence-electron chi connectivity index (χ4n) is 5.54. The number of carboxylic acid groups (broad SMARTS) is 1. The van der Waals surface area contributed by atoms with Crippen molar-refractivity contribution >= 4 is 5.97 Å². The van der Waals surface area contributed by atoms with Crippen molar-refractivity contribution in [2.45, 2.75) is 64.8 Å². The summed E-state index contributed by atoms with van der Waals surface area (Å²) < 4.78 is 0. The average molecular weight is 239 g/mol. The van der Waals surface area contributed by atoms with Crippen LogP contribution in [0.3, 0.4) is 0 Å². The van der Waals surface area contributed by atoms with E-state index in [-0.39, 0.29) is 5.54 Å². The van der Waals surface area contributed by atoms with Gasteiger partial charge < -0.3 is 10.8 Å². The highest BCUT2D eigenvalue weighted by atomic mass is 16.4. The normalized spacial score (nSPS) is 50.7. The van der Waals surface area contributed by atoms with E-state index in [1.54, 1.807) is 0 Å². The van der Waals surface area contributed by atoms with Crippen molar-refractivity contribution in [3.8, 4) is 0 Å². The Hall–Kier alpha value is -0.570. The number of hydrogen-bond donors (Lipinski definition) is 2. The third-order valence-electron chi connectivity index (χ3n) is 4.67. The number of aliphatic carboxylic acids is 1. The molecule has 98 valence electrons. The minimum Gasteiger partial charge on any atom is -0.481 e. The van der Waals surface area contributed by atoms with Gasteiger partial charge in [0.25, 0.3) is 5.97 Å². The summed E-state index contributed by atoms with van der Waals surface area (Å²) >= 11 is 0. The second-order valence-electron chi connectivity index (χ2n) is 7.51. The van der Waals surface area contributed by atoms with Crippen LogP contribution in [0.2, 0.25) is 0 Å². The van der Waals surface area contributed by atoms with Gasteiger partial charge in [0.05, 0.1) is 0 Å². The van der Waals surface area contributed by atoms with Crippen LogP contribution in [0, 0.1) is 16.7 Å². The topological polar surface area (TPSA) is 63.3 Å². The number of carbonyl (C=O) groups is 1. The highest BCUT2D eigenvalue weighted by Crippen LogP contribution is 2.65. The first-order valence-electron chi connectivity index (χ1n) is 6.62. The van der Waals surface area contributed by atoms with Crippen LogP contribution in [0.1, 0.15) is 59.3 Å². The van der Waals surface area contributed by atoms with Crippen molar-refractivity contribution in [1.29, 1.82) is 0 Å². The standard InChI is InChI=1S/C12H21N.C2H4O2/c1-10-3-9-4-11(2,6-10)8-12(13,5-9)7-10;1-2(3)4/h9H,3-8,13H2,1-2H3;1H3,(H,3,4). The molecule has 4 aliphatic carbocycles. The van der Waals surface area contributed by atoms with Gasteiger partial charge in [-0.2, -0.15) is 0 Å². The van der Waals surface area contributed by atoms with Crippen LogP contribution in [0.4, 0.5) is 0 Å². The second kappa shape index (κ2) is 3.71. The maximum absolute atomic E-state index is 9.00. The summed E-state index contributed by atoms with van der Waals surface area (Å²) in [5.41, 5.74) is 7.92. The Balaban J connectivity index is 0.000000239. The Morgan fingerprint density at radius 1 is 1.12 bits per heavy atom. The first-order chi connectivity index (χ1) is 7.64. The molecule has 3 nitrogen and oxygen atoms in total. The van der Waals surface area contributed by atoms with Crippen LogP contribution in [0.15, 0.2) is 0 Å². The van der Waals surface area contributed by atoms with E-state index < -0.39 is 5.97 Å². The number of carboxylic acids is 1. The predicted octanol–water partition coefficient (Wildman–Crippen LogP) is 2.79. The first-order valence-corrected chi connectivity index (χ1v) is 6.62. The molecule has 4 aliphatic rings. The summed E-state index contributed by atoms with van der Waals surface area (Å²) in [6.07, 6.45) is 8.27. The molecular weight excluding hydrogens is 214 g/mol. The van der Waals surface area contributed by atoms with E-state index in [9.17, 15) is 0 Å². The molecule has 2 atom stereocenters. The van der Waals surface area contributed by atoms with Gasteiger partial charge in [0.2, 0.25) is 0 Å². The van der Waals surface area contributed by atoms with Crippen molar-refractivity contribution in [3.05, 3.63) is 0 Å².